The molecule has 0 radical (unpaired) electrons. The van der Waals surface area contributed by atoms with Gasteiger partial charge in [0.1, 0.15) is 6.10 Å². The van der Waals surface area contributed by atoms with Gasteiger partial charge in [0.05, 0.1) is 6.54 Å². The van der Waals surface area contributed by atoms with Crippen LogP contribution in [0.5, 0.6) is 0 Å². The number of hydrogen-bond acceptors (Lipinski definition) is 3. The van der Waals surface area contributed by atoms with Gasteiger partial charge in [0.25, 0.3) is 0 Å². The van der Waals surface area contributed by atoms with Gasteiger partial charge in [-0.25, -0.2) is 4.79 Å². The van der Waals surface area contributed by atoms with Crippen molar-refractivity contribution in [2.24, 2.45) is 5.92 Å². The highest BCUT2D eigenvalue weighted by Gasteiger charge is 2.37. The van der Waals surface area contributed by atoms with Crippen LogP contribution in [0.4, 0.5) is 4.79 Å². The molecule has 5 heteroatoms. The first-order chi connectivity index (χ1) is 9.22. The Morgan fingerprint density at radius 2 is 2.16 bits per heavy atom. The number of carbonyl (C=O) groups is 1. The molecule has 2 aliphatic rings. The van der Waals surface area contributed by atoms with Crippen LogP contribution in [0.2, 0.25) is 5.02 Å². The molecule has 2 aliphatic heterocycles. The lowest BCUT2D eigenvalue weighted by Crippen LogP contribution is -2.28. The van der Waals surface area contributed by atoms with Gasteiger partial charge in [-0.3, -0.25) is 0 Å². The molecule has 0 aliphatic carbocycles. The second kappa shape index (κ2) is 5.39. The Balaban J connectivity index is 1.62. The molecule has 1 aromatic rings. The van der Waals surface area contributed by atoms with E-state index in [1.54, 1.807) is 4.90 Å². The summed E-state index contributed by atoms with van der Waals surface area (Å²) >= 11 is 5.85. The van der Waals surface area contributed by atoms with Gasteiger partial charge in [-0.1, -0.05) is 23.7 Å². The molecule has 1 aromatic carbocycles. The molecule has 19 heavy (non-hydrogen) atoms. The second-order valence-electron chi connectivity index (χ2n) is 5.18. The molecule has 1 amide bonds. The van der Waals surface area contributed by atoms with Crippen molar-refractivity contribution in [3.05, 3.63) is 34.9 Å². The van der Waals surface area contributed by atoms with E-state index in [-0.39, 0.29) is 12.2 Å². The van der Waals surface area contributed by atoms with Gasteiger partial charge in [0.15, 0.2) is 0 Å². The van der Waals surface area contributed by atoms with E-state index in [2.05, 4.69) is 5.32 Å². The molecule has 2 fully saturated rings. The van der Waals surface area contributed by atoms with Gasteiger partial charge in [-0.15, -0.1) is 0 Å². The lowest BCUT2D eigenvalue weighted by molar-refractivity contribution is 0.107. The molecule has 2 heterocycles. The van der Waals surface area contributed by atoms with Crippen LogP contribution in [-0.2, 0) is 11.3 Å². The molecule has 0 saturated carbocycles. The largest absolute Gasteiger partial charge is 0.444 e. The number of nitrogens with zero attached hydrogens (tertiary/aromatic N) is 1. The molecule has 0 aromatic heterocycles. The van der Waals surface area contributed by atoms with Crippen molar-refractivity contribution in [1.82, 2.24) is 10.2 Å². The van der Waals surface area contributed by atoms with Gasteiger partial charge in [0, 0.05) is 24.0 Å². The number of carbonyl (C=O) groups excluding carboxylic acids is 1. The summed E-state index contributed by atoms with van der Waals surface area (Å²) in [5, 5.41) is 4.02. The van der Waals surface area contributed by atoms with Crippen molar-refractivity contribution in [2.75, 3.05) is 19.6 Å². The van der Waals surface area contributed by atoms with Crippen LogP contribution in [0.25, 0.3) is 0 Å². The smallest absolute Gasteiger partial charge is 0.410 e. The first-order valence-electron chi connectivity index (χ1n) is 6.63. The zero-order chi connectivity index (χ0) is 13.2. The van der Waals surface area contributed by atoms with E-state index < -0.39 is 0 Å². The van der Waals surface area contributed by atoms with Crippen molar-refractivity contribution in [3.8, 4) is 0 Å². The van der Waals surface area contributed by atoms with Gasteiger partial charge in [-0.2, -0.15) is 0 Å². The number of amides is 1. The zero-order valence-electron chi connectivity index (χ0n) is 10.6. The Hall–Kier alpha value is -1.26. The third-order valence-corrected chi connectivity index (χ3v) is 4.07. The zero-order valence-corrected chi connectivity index (χ0v) is 11.4. The minimum Gasteiger partial charge on any atom is -0.444 e. The van der Waals surface area contributed by atoms with E-state index in [0.717, 1.165) is 25.1 Å². The van der Waals surface area contributed by atoms with E-state index >= 15 is 0 Å². The van der Waals surface area contributed by atoms with E-state index in [1.807, 2.05) is 24.3 Å². The summed E-state index contributed by atoms with van der Waals surface area (Å²) < 4.78 is 5.47. The van der Waals surface area contributed by atoms with Crippen LogP contribution in [0.3, 0.4) is 0 Å². The fourth-order valence-electron chi connectivity index (χ4n) is 2.71. The van der Waals surface area contributed by atoms with E-state index in [4.69, 9.17) is 16.3 Å². The van der Waals surface area contributed by atoms with Crippen LogP contribution in [0.15, 0.2) is 24.3 Å². The summed E-state index contributed by atoms with van der Waals surface area (Å²) in [4.78, 5) is 13.6. The highest BCUT2D eigenvalue weighted by molar-refractivity contribution is 6.30. The maximum absolute atomic E-state index is 11.9. The molecule has 0 bridgehead atoms. The summed E-state index contributed by atoms with van der Waals surface area (Å²) in [6.45, 7) is 3.25. The van der Waals surface area contributed by atoms with Gasteiger partial charge >= 0.3 is 6.09 Å². The molecule has 4 nitrogen and oxygen atoms in total. The average Bonchev–Trinajstić information content (AvgIpc) is 3.03. The number of hydrogen-bond donors (Lipinski definition) is 1. The molecule has 1 N–H and O–H groups in total. The third-order valence-electron chi connectivity index (χ3n) is 3.82. The van der Waals surface area contributed by atoms with E-state index in [9.17, 15) is 4.79 Å². The molecular formula is C14H17ClN2O2. The standard InChI is InChI=1S/C14H17ClN2O2/c15-12-3-1-10(2-4-12)8-17-9-13(19-14(17)18)11-5-6-16-7-11/h1-4,11,13,16H,5-9H2. The summed E-state index contributed by atoms with van der Waals surface area (Å²) in [5.41, 5.74) is 1.08. The fraction of sp³-hybridized carbons (Fsp3) is 0.500. The lowest BCUT2D eigenvalue weighted by atomic mass is 10.0. The van der Waals surface area contributed by atoms with Crippen LogP contribution >= 0.6 is 11.6 Å². The Morgan fingerprint density at radius 1 is 1.37 bits per heavy atom. The van der Waals surface area contributed by atoms with Crippen LogP contribution in [-0.4, -0.2) is 36.7 Å². The first-order valence-corrected chi connectivity index (χ1v) is 7.01. The van der Waals surface area contributed by atoms with Gasteiger partial charge in [0.2, 0.25) is 0 Å². The number of ether oxygens (including phenoxy) is 1. The van der Waals surface area contributed by atoms with E-state index in [0.29, 0.717) is 24.0 Å². The molecule has 102 valence electrons. The lowest BCUT2D eigenvalue weighted by Gasteiger charge is -2.15. The van der Waals surface area contributed by atoms with Crippen LogP contribution in [0, 0.1) is 5.92 Å². The van der Waals surface area contributed by atoms with Crippen LogP contribution in [0.1, 0.15) is 12.0 Å². The third kappa shape index (κ3) is 2.85. The van der Waals surface area contributed by atoms with Crippen LogP contribution < -0.4 is 5.32 Å². The summed E-state index contributed by atoms with van der Waals surface area (Å²) in [5.74, 6) is 0.458. The molecular weight excluding hydrogens is 264 g/mol. The average molecular weight is 281 g/mol. The van der Waals surface area contributed by atoms with Crippen molar-refractivity contribution >= 4 is 17.7 Å². The Labute approximate surface area is 117 Å². The molecule has 2 unspecified atom stereocenters. The van der Waals surface area contributed by atoms with E-state index in [1.165, 1.54) is 0 Å². The number of nitrogens with one attached hydrogen (secondary N) is 1. The quantitative estimate of drug-likeness (QED) is 0.923. The highest BCUT2D eigenvalue weighted by Crippen LogP contribution is 2.24. The monoisotopic (exact) mass is 280 g/mol. The Morgan fingerprint density at radius 3 is 2.84 bits per heavy atom. The number of cyclic esters (lactones) is 1. The van der Waals surface area contributed by atoms with Gasteiger partial charge < -0.3 is 15.0 Å². The predicted octanol–water partition coefficient (Wildman–Crippen LogP) is 2.27. The summed E-state index contributed by atoms with van der Waals surface area (Å²) in [6.07, 6.45) is 0.925. The highest BCUT2D eigenvalue weighted by atomic mass is 35.5. The number of benzene rings is 1. The molecule has 3 rings (SSSR count). The van der Waals surface area contributed by atoms with Crippen molar-refractivity contribution < 1.29 is 9.53 Å². The maximum atomic E-state index is 11.9. The van der Waals surface area contributed by atoms with Crippen molar-refractivity contribution in [1.29, 1.82) is 0 Å². The number of rotatable bonds is 3. The number of halogens is 1. The second-order valence-corrected chi connectivity index (χ2v) is 5.62. The molecule has 2 atom stereocenters. The summed E-state index contributed by atoms with van der Waals surface area (Å²) in [6, 6.07) is 7.58. The Kier molecular flexibility index (Phi) is 3.62. The summed E-state index contributed by atoms with van der Waals surface area (Å²) in [7, 11) is 0. The molecule has 0 spiro atoms. The normalized spacial score (nSPS) is 26.8. The minimum absolute atomic E-state index is 0.0369. The van der Waals surface area contributed by atoms with Gasteiger partial charge in [-0.05, 0) is 30.7 Å². The Bertz CT molecular complexity index is 457. The van der Waals surface area contributed by atoms with Crippen molar-refractivity contribution in [2.45, 2.75) is 19.1 Å². The fourth-order valence-corrected chi connectivity index (χ4v) is 2.84. The van der Waals surface area contributed by atoms with Crippen molar-refractivity contribution in [3.63, 3.8) is 0 Å². The maximum Gasteiger partial charge on any atom is 0.410 e. The topological polar surface area (TPSA) is 41.6 Å². The molecule has 2 saturated heterocycles. The predicted molar refractivity (Wildman–Crippen MR) is 73.1 cm³/mol. The minimum atomic E-state index is -0.202. The SMILES string of the molecule is O=C1OC(C2CCNC2)CN1Cc1ccc(Cl)cc1. The first kappa shape index (κ1) is 12.8.